The maximum Gasteiger partial charge on any atom is 0.441 e. The molecule has 0 aromatic heterocycles. The van der Waals surface area contributed by atoms with Crippen molar-refractivity contribution in [3.05, 3.63) is 0 Å². The molecule has 17 heavy (non-hydrogen) atoms. The quantitative estimate of drug-likeness (QED) is 0.665. The molecule has 0 aromatic carbocycles. The smallest absolute Gasteiger partial charge is 0.355 e. The average Bonchev–Trinajstić information content (AvgIpc) is 2.23. The minimum atomic E-state index is -4.20. The number of carbonyl (C=O) groups is 1. The van der Waals surface area contributed by atoms with Crippen molar-refractivity contribution in [3.8, 4) is 0 Å². The van der Waals surface area contributed by atoms with E-state index in [1.807, 2.05) is 6.92 Å². The van der Waals surface area contributed by atoms with Crippen LogP contribution in [0.25, 0.3) is 0 Å². The molecule has 0 saturated carbocycles. The van der Waals surface area contributed by atoms with Gasteiger partial charge in [-0.25, -0.2) is 0 Å². The summed E-state index contributed by atoms with van der Waals surface area (Å²) in [5.74, 6) is -0.258. The molecule has 2 N–H and O–H groups in total. The van der Waals surface area contributed by atoms with Gasteiger partial charge in [-0.2, -0.15) is 13.2 Å². The zero-order valence-electron chi connectivity index (χ0n) is 10.1. The number of amides is 1. The van der Waals surface area contributed by atoms with Gasteiger partial charge in [0.1, 0.15) is 0 Å². The third-order valence-corrected chi connectivity index (χ3v) is 2.78. The fourth-order valence-electron chi connectivity index (χ4n) is 1.08. The van der Waals surface area contributed by atoms with E-state index in [1.165, 1.54) is 0 Å². The predicted molar refractivity (Wildman–Crippen MR) is 63.9 cm³/mol. The largest absolute Gasteiger partial charge is 0.441 e. The summed E-state index contributed by atoms with van der Waals surface area (Å²) in [5.41, 5.74) is -4.20. The summed E-state index contributed by atoms with van der Waals surface area (Å²) in [6.45, 7) is 4.42. The van der Waals surface area contributed by atoms with E-state index >= 15 is 0 Å². The van der Waals surface area contributed by atoms with Crippen LogP contribution in [0, 0.1) is 0 Å². The Morgan fingerprint density at radius 1 is 1.35 bits per heavy atom. The summed E-state index contributed by atoms with van der Waals surface area (Å²) in [4.78, 5) is 11.4. The number of hydrogen-bond donors (Lipinski definition) is 2. The standard InChI is InChI=1S/C10H19F3N2OS/c1-3-4-5-15-9(16)8(2)14-6-7-17-10(11,12)13/h8,14H,3-7H2,1-2H3,(H,15,16). The van der Waals surface area contributed by atoms with Crippen LogP contribution in [0.3, 0.4) is 0 Å². The van der Waals surface area contributed by atoms with E-state index in [1.54, 1.807) is 6.92 Å². The first-order chi connectivity index (χ1) is 7.87. The lowest BCUT2D eigenvalue weighted by molar-refractivity contribution is -0.122. The first-order valence-corrected chi connectivity index (χ1v) is 6.57. The molecule has 0 aromatic rings. The molecule has 0 spiro atoms. The maximum atomic E-state index is 11.8. The Hall–Kier alpha value is -0.430. The van der Waals surface area contributed by atoms with Crippen molar-refractivity contribution in [1.82, 2.24) is 10.6 Å². The zero-order chi connectivity index (χ0) is 13.3. The van der Waals surface area contributed by atoms with E-state index in [0.717, 1.165) is 12.8 Å². The SMILES string of the molecule is CCCCNC(=O)C(C)NCCSC(F)(F)F. The summed E-state index contributed by atoms with van der Waals surface area (Å²) in [7, 11) is 0. The van der Waals surface area contributed by atoms with E-state index < -0.39 is 11.6 Å². The van der Waals surface area contributed by atoms with Crippen molar-refractivity contribution in [2.45, 2.75) is 38.2 Å². The van der Waals surface area contributed by atoms with Gasteiger partial charge in [0.25, 0.3) is 0 Å². The topological polar surface area (TPSA) is 41.1 Å². The van der Waals surface area contributed by atoms with Gasteiger partial charge in [0.05, 0.1) is 6.04 Å². The number of hydrogen-bond acceptors (Lipinski definition) is 3. The molecule has 0 radical (unpaired) electrons. The highest BCUT2D eigenvalue weighted by molar-refractivity contribution is 8.00. The molecule has 0 rings (SSSR count). The van der Waals surface area contributed by atoms with Crippen LogP contribution in [0.1, 0.15) is 26.7 Å². The van der Waals surface area contributed by atoms with E-state index in [0.29, 0.717) is 6.54 Å². The molecule has 0 fully saturated rings. The number of thioether (sulfide) groups is 1. The third kappa shape index (κ3) is 10.4. The molecule has 0 heterocycles. The number of carbonyl (C=O) groups excluding carboxylic acids is 1. The highest BCUT2D eigenvalue weighted by Gasteiger charge is 2.27. The Balaban J connectivity index is 3.57. The lowest BCUT2D eigenvalue weighted by atomic mass is 10.3. The number of halogens is 3. The molecule has 0 bridgehead atoms. The minimum absolute atomic E-state index is 0.0855. The second-order valence-corrected chi connectivity index (χ2v) is 4.77. The third-order valence-electron chi connectivity index (χ3n) is 2.04. The second kappa shape index (κ2) is 8.63. The van der Waals surface area contributed by atoms with Crippen molar-refractivity contribution in [3.63, 3.8) is 0 Å². The van der Waals surface area contributed by atoms with Crippen molar-refractivity contribution >= 4 is 17.7 Å². The van der Waals surface area contributed by atoms with Gasteiger partial charge in [0.2, 0.25) is 5.91 Å². The van der Waals surface area contributed by atoms with Gasteiger partial charge in [-0.3, -0.25) is 4.79 Å². The fraction of sp³-hybridized carbons (Fsp3) is 0.900. The highest BCUT2D eigenvalue weighted by atomic mass is 32.2. The molecule has 1 unspecified atom stereocenters. The predicted octanol–water partition coefficient (Wildman–Crippen LogP) is 2.13. The van der Waals surface area contributed by atoms with Gasteiger partial charge in [-0.1, -0.05) is 13.3 Å². The lowest BCUT2D eigenvalue weighted by Gasteiger charge is -2.14. The number of unbranched alkanes of at least 4 members (excludes halogenated alkanes) is 1. The average molecular weight is 272 g/mol. The molecule has 0 aliphatic heterocycles. The summed E-state index contributed by atoms with van der Waals surface area (Å²) in [5, 5.41) is 5.46. The van der Waals surface area contributed by atoms with Gasteiger partial charge in [0.15, 0.2) is 0 Å². The molecule has 1 amide bonds. The summed E-state index contributed by atoms with van der Waals surface area (Å²) < 4.78 is 35.4. The van der Waals surface area contributed by atoms with E-state index in [2.05, 4.69) is 10.6 Å². The normalized spacial score (nSPS) is 13.5. The van der Waals surface area contributed by atoms with Crippen LogP contribution in [0.5, 0.6) is 0 Å². The molecule has 0 aliphatic rings. The fourth-order valence-corrected chi connectivity index (χ4v) is 1.53. The van der Waals surface area contributed by atoms with Gasteiger partial charge in [-0.05, 0) is 25.1 Å². The molecule has 0 aliphatic carbocycles. The first-order valence-electron chi connectivity index (χ1n) is 5.58. The molecule has 0 saturated heterocycles. The minimum Gasteiger partial charge on any atom is -0.355 e. The Morgan fingerprint density at radius 3 is 2.53 bits per heavy atom. The number of alkyl halides is 3. The van der Waals surface area contributed by atoms with Crippen molar-refractivity contribution in [2.75, 3.05) is 18.8 Å². The summed E-state index contributed by atoms with van der Waals surface area (Å²) >= 11 is -0.0855. The van der Waals surface area contributed by atoms with Crippen molar-refractivity contribution < 1.29 is 18.0 Å². The lowest BCUT2D eigenvalue weighted by Crippen LogP contribution is -2.43. The monoisotopic (exact) mass is 272 g/mol. The maximum absolute atomic E-state index is 11.8. The van der Waals surface area contributed by atoms with Crippen LogP contribution in [-0.2, 0) is 4.79 Å². The Morgan fingerprint density at radius 2 is 2.00 bits per heavy atom. The first kappa shape index (κ1) is 16.6. The Bertz CT molecular complexity index is 224. The Labute approximate surface area is 104 Å². The van der Waals surface area contributed by atoms with Crippen molar-refractivity contribution in [1.29, 1.82) is 0 Å². The molecular weight excluding hydrogens is 253 g/mol. The molecular formula is C10H19F3N2OS. The molecule has 102 valence electrons. The van der Waals surface area contributed by atoms with Crippen molar-refractivity contribution in [2.24, 2.45) is 0 Å². The van der Waals surface area contributed by atoms with Crippen LogP contribution in [0.4, 0.5) is 13.2 Å². The van der Waals surface area contributed by atoms with Gasteiger partial charge < -0.3 is 10.6 Å². The molecule has 3 nitrogen and oxygen atoms in total. The van der Waals surface area contributed by atoms with Gasteiger partial charge >= 0.3 is 5.51 Å². The summed E-state index contributed by atoms with van der Waals surface area (Å²) in [6.07, 6.45) is 1.90. The number of nitrogens with one attached hydrogen (secondary N) is 2. The van der Waals surface area contributed by atoms with Gasteiger partial charge in [0, 0.05) is 18.8 Å². The molecule has 7 heteroatoms. The highest BCUT2D eigenvalue weighted by Crippen LogP contribution is 2.29. The van der Waals surface area contributed by atoms with Crippen LogP contribution in [0.2, 0.25) is 0 Å². The van der Waals surface area contributed by atoms with E-state index in [-0.39, 0.29) is 30.0 Å². The number of rotatable bonds is 8. The van der Waals surface area contributed by atoms with Crippen LogP contribution in [0.15, 0.2) is 0 Å². The van der Waals surface area contributed by atoms with E-state index in [9.17, 15) is 18.0 Å². The van der Waals surface area contributed by atoms with Crippen LogP contribution in [-0.4, -0.2) is 36.3 Å². The second-order valence-electron chi connectivity index (χ2n) is 3.61. The zero-order valence-corrected chi connectivity index (χ0v) is 10.9. The Kier molecular flexibility index (Phi) is 8.41. The van der Waals surface area contributed by atoms with Gasteiger partial charge in [-0.15, -0.1) is 0 Å². The van der Waals surface area contributed by atoms with Crippen LogP contribution >= 0.6 is 11.8 Å². The van der Waals surface area contributed by atoms with Crippen LogP contribution < -0.4 is 10.6 Å². The molecule has 1 atom stereocenters. The van der Waals surface area contributed by atoms with E-state index in [4.69, 9.17) is 0 Å². The summed E-state index contributed by atoms with van der Waals surface area (Å²) in [6, 6.07) is -0.458.